The molecule has 0 radical (unpaired) electrons. The predicted molar refractivity (Wildman–Crippen MR) is 111 cm³/mol. The molecule has 1 heterocycles. The Labute approximate surface area is 169 Å². The van der Waals surface area contributed by atoms with Crippen molar-refractivity contribution in [2.75, 3.05) is 39.8 Å². The van der Waals surface area contributed by atoms with Crippen LogP contribution >= 0.6 is 0 Å². The van der Waals surface area contributed by atoms with Crippen molar-refractivity contribution >= 4 is 11.8 Å². The molecule has 0 saturated carbocycles. The summed E-state index contributed by atoms with van der Waals surface area (Å²) in [5.41, 5.74) is 6.63. The first-order chi connectivity index (χ1) is 13.6. The molecule has 0 bridgehead atoms. The lowest BCUT2D eigenvalue weighted by Crippen LogP contribution is -2.37. The Kier molecular flexibility index (Phi) is 9.83. The fraction of sp³-hybridized carbons (Fsp3) is 0.636. The molecule has 6 heteroatoms. The van der Waals surface area contributed by atoms with E-state index in [1.807, 2.05) is 34.1 Å². The van der Waals surface area contributed by atoms with Gasteiger partial charge in [0.15, 0.2) is 0 Å². The van der Waals surface area contributed by atoms with Crippen molar-refractivity contribution < 1.29 is 14.3 Å². The smallest absolute Gasteiger partial charge is 0.222 e. The number of benzene rings is 1. The summed E-state index contributed by atoms with van der Waals surface area (Å²) in [6, 6.07) is 7.85. The van der Waals surface area contributed by atoms with Gasteiger partial charge in [0.25, 0.3) is 0 Å². The van der Waals surface area contributed by atoms with Crippen LogP contribution in [-0.4, -0.2) is 61.4 Å². The normalized spacial score (nSPS) is 14.6. The number of methoxy groups -OCH3 is 1. The molecule has 1 aliphatic heterocycles. The average Bonchev–Trinajstić information content (AvgIpc) is 2.98. The fourth-order valence-electron chi connectivity index (χ4n) is 3.55. The number of unbranched alkanes of at least 4 members (excludes halogenated alkanes) is 3. The van der Waals surface area contributed by atoms with Crippen LogP contribution < -0.4 is 10.5 Å². The van der Waals surface area contributed by atoms with E-state index in [1.54, 1.807) is 7.11 Å². The molecule has 0 spiro atoms. The molecule has 1 aromatic rings. The highest BCUT2D eigenvalue weighted by Crippen LogP contribution is 2.14. The third-order valence-electron chi connectivity index (χ3n) is 5.33. The summed E-state index contributed by atoms with van der Waals surface area (Å²) in [5, 5.41) is 0. The van der Waals surface area contributed by atoms with Gasteiger partial charge in [-0.15, -0.1) is 0 Å². The summed E-state index contributed by atoms with van der Waals surface area (Å²) in [4.78, 5) is 28.8. The molecule has 1 fully saturated rings. The second-order valence-electron chi connectivity index (χ2n) is 7.42. The Hall–Kier alpha value is -2.08. The first-order valence-electron chi connectivity index (χ1n) is 10.5. The lowest BCUT2D eigenvalue weighted by molar-refractivity contribution is -0.133. The third kappa shape index (κ3) is 7.50. The number of aryl methyl sites for hydroxylation is 1. The second-order valence-corrected chi connectivity index (χ2v) is 7.42. The summed E-state index contributed by atoms with van der Waals surface area (Å²) in [5.74, 6) is 1.22. The summed E-state index contributed by atoms with van der Waals surface area (Å²) in [6.45, 7) is 3.50. The standard InChI is InChI=1S/C22H35N3O3/c1-28-20-11-8-19(9-12-20)10-13-22(27)25-16-6-15-24(17-18-25)21(26)7-4-2-3-5-14-23/h8-9,11-12H,2-7,10,13-18,23H2,1H3. The molecule has 6 nitrogen and oxygen atoms in total. The first kappa shape index (κ1) is 22.2. The maximum atomic E-state index is 12.6. The number of rotatable bonds is 10. The zero-order valence-corrected chi connectivity index (χ0v) is 17.2. The van der Waals surface area contributed by atoms with Crippen LogP contribution in [0.5, 0.6) is 5.75 Å². The molecule has 0 atom stereocenters. The van der Waals surface area contributed by atoms with E-state index in [2.05, 4.69) is 0 Å². The van der Waals surface area contributed by atoms with Crippen molar-refractivity contribution in [3.63, 3.8) is 0 Å². The van der Waals surface area contributed by atoms with Gasteiger partial charge in [-0.3, -0.25) is 9.59 Å². The molecule has 0 unspecified atom stereocenters. The van der Waals surface area contributed by atoms with E-state index >= 15 is 0 Å². The van der Waals surface area contributed by atoms with Gasteiger partial charge in [0.2, 0.25) is 11.8 Å². The molecule has 156 valence electrons. The largest absolute Gasteiger partial charge is 0.497 e. The van der Waals surface area contributed by atoms with E-state index in [9.17, 15) is 9.59 Å². The third-order valence-corrected chi connectivity index (χ3v) is 5.33. The molecule has 1 aromatic carbocycles. The van der Waals surface area contributed by atoms with Crippen LogP contribution in [0.2, 0.25) is 0 Å². The molecule has 0 aliphatic carbocycles. The zero-order valence-electron chi connectivity index (χ0n) is 17.2. The monoisotopic (exact) mass is 389 g/mol. The number of amides is 2. The number of carbonyl (C=O) groups is 2. The number of hydrogen-bond acceptors (Lipinski definition) is 4. The maximum Gasteiger partial charge on any atom is 0.222 e. The van der Waals surface area contributed by atoms with E-state index in [0.29, 0.717) is 25.9 Å². The lowest BCUT2D eigenvalue weighted by Gasteiger charge is -2.22. The summed E-state index contributed by atoms with van der Waals surface area (Å²) < 4.78 is 5.16. The Balaban J connectivity index is 1.71. The number of carbonyl (C=O) groups excluding carboxylic acids is 2. The maximum absolute atomic E-state index is 12.6. The molecule has 2 N–H and O–H groups in total. The van der Waals surface area contributed by atoms with Crippen LogP contribution in [0.15, 0.2) is 24.3 Å². The van der Waals surface area contributed by atoms with Gasteiger partial charge in [-0.25, -0.2) is 0 Å². The molecule has 1 aliphatic rings. The SMILES string of the molecule is COc1ccc(CCC(=O)N2CCCN(C(=O)CCCCCCN)CC2)cc1. The van der Waals surface area contributed by atoms with E-state index in [4.69, 9.17) is 10.5 Å². The molecule has 2 rings (SSSR count). The highest BCUT2D eigenvalue weighted by molar-refractivity contribution is 5.78. The lowest BCUT2D eigenvalue weighted by atomic mass is 10.1. The minimum absolute atomic E-state index is 0.173. The molecule has 0 aromatic heterocycles. The van der Waals surface area contributed by atoms with Crippen LogP contribution in [0.25, 0.3) is 0 Å². The van der Waals surface area contributed by atoms with Gasteiger partial charge in [0.1, 0.15) is 5.75 Å². The summed E-state index contributed by atoms with van der Waals surface area (Å²) in [6.07, 6.45) is 6.81. The quantitative estimate of drug-likeness (QED) is 0.624. The van der Waals surface area contributed by atoms with Gasteiger partial charge in [0, 0.05) is 39.0 Å². The molecule has 2 amide bonds. The molecule has 28 heavy (non-hydrogen) atoms. The molecular formula is C22H35N3O3. The number of ether oxygens (including phenoxy) is 1. The minimum Gasteiger partial charge on any atom is -0.497 e. The van der Waals surface area contributed by atoms with Crippen LogP contribution in [0, 0.1) is 0 Å². The molecular weight excluding hydrogens is 354 g/mol. The van der Waals surface area contributed by atoms with Crippen LogP contribution in [0.4, 0.5) is 0 Å². The van der Waals surface area contributed by atoms with Crippen molar-refractivity contribution in [3.05, 3.63) is 29.8 Å². The van der Waals surface area contributed by atoms with Gasteiger partial charge < -0.3 is 20.3 Å². The topological polar surface area (TPSA) is 75.9 Å². The zero-order chi connectivity index (χ0) is 20.2. The van der Waals surface area contributed by atoms with Gasteiger partial charge in [-0.1, -0.05) is 25.0 Å². The minimum atomic E-state index is 0.173. The Morgan fingerprint density at radius 2 is 1.50 bits per heavy atom. The fourth-order valence-corrected chi connectivity index (χ4v) is 3.55. The Morgan fingerprint density at radius 1 is 0.893 bits per heavy atom. The van der Waals surface area contributed by atoms with Gasteiger partial charge in [-0.05, 0) is 49.9 Å². The Morgan fingerprint density at radius 3 is 2.11 bits per heavy atom. The number of nitrogens with zero attached hydrogens (tertiary/aromatic N) is 2. The van der Waals surface area contributed by atoms with Gasteiger partial charge in [0.05, 0.1) is 7.11 Å². The van der Waals surface area contributed by atoms with Crippen molar-refractivity contribution in [2.24, 2.45) is 5.73 Å². The van der Waals surface area contributed by atoms with E-state index in [-0.39, 0.29) is 11.8 Å². The summed E-state index contributed by atoms with van der Waals surface area (Å²) in [7, 11) is 1.65. The molecule has 1 saturated heterocycles. The summed E-state index contributed by atoms with van der Waals surface area (Å²) >= 11 is 0. The van der Waals surface area contributed by atoms with Crippen molar-refractivity contribution in [1.29, 1.82) is 0 Å². The van der Waals surface area contributed by atoms with Crippen molar-refractivity contribution in [1.82, 2.24) is 9.80 Å². The first-order valence-corrected chi connectivity index (χ1v) is 10.5. The van der Waals surface area contributed by atoms with Crippen molar-refractivity contribution in [3.8, 4) is 5.75 Å². The van der Waals surface area contributed by atoms with Crippen LogP contribution in [0.3, 0.4) is 0 Å². The number of hydrogen-bond donors (Lipinski definition) is 1. The highest BCUT2D eigenvalue weighted by Gasteiger charge is 2.21. The number of nitrogens with two attached hydrogens (primary N) is 1. The van der Waals surface area contributed by atoms with Crippen LogP contribution in [0.1, 0.15) is 50.5 Å². The van der Waals surface area contributed by atoms with Gasteiger partial charge >= 0.3 is 0 Å². The van der Waals surface area contributed by atoms with E-state index in [0.717, 1.165) is 69.5 Å². The van der Waals surface area contributed by atoms with Crippen LogP contribution in [-0.2, 0) is 16.0 Å². The predicted octanol–water partition coefficient (Wildman–Crippen LogP) is 2.60. The highest BCUT2D eigenvalue weighted by atomic mass is 16.5. The van der Waals surface area contributed by atoms with Gasteiger partial charge in [-0.2, -0.15) is 0 Å². The van der Waals surface area contributed by atoms with E-state index < -0.39 is 0 Å². The van der Waals surface area contributed by atoms with Crippen molar-refractivity contribution in [2.45, 2.75) is 51.4 Å². The average molecular weight is 390 g/mol. The Bertz CT molecular complexity index is 604. The van der Waals surface area contributed by atoms with E-state index in [1.165, 1.54) is 0 Å². The second kappa shape index (κ2) is 12.4.